The molecule has 170 valence electrons. The van der Waals surface area contributed by atoms with Crippen molar-refractivity contribution in [1.82, 2.24) is 29.4 Å². The standard InChI is InChI=1S/C24H18F2N6O2/c1-30-12-14(28-29-30)8-6-13-7-9-16-17(10-13)32-18-11-19(22(32)27-16)31(2)23(33)15-4-3-5-20(21(15)18)34-24(25)26/h3-5,7,9-10,12,18-19,24H,11H2,1-2H3/t18-,19-/m1/s1/i2D3. The Balaban J connectivity index is 1.57. The Morgan fingerprint density at radius 2 is 2.12 bits per heavy atom. The Bertz CT molecular complexity index is 1630. The maximum atomic E-state index is 13.5. The molecule has 2 aliphatic heterocycles. The summed E-state index contributed by atoms with van der Waals surface area (Å²) in [5, 5.41) is 7.80. The quantitative estimate of drug-likeness (QED) is 0.427. The summed E-state index contributed by atoms with van der Waals surface area (Å²) in [6.07, 6.45) is 1.82. The predicted octanol–water partition coefficient (Wildman–Crippen LogP) is 3.29. The van der Waals surface area contributed by atoms with Crippen LogP contribution < -0.4 is 4.74 Å². The van der Waals surface area contributed by atoms with Crippen molar-refractivity contribution < 1.29 is 22.4 Å². The van der Waals surface area contributed by atoms with E-state index in [0.717, 1.165) is 4.90 Å². The van der Waals surface area contributed by atoms with Crippen LogP contribution >= 0.6 is 0 Å². The van der Waals surface area contributed by atoms with Gasteiger partial charge < -0.3 is 14.2 Å². The van der Waals surface area contributed by atoms with Gasteiger partial charge in [0.05, 0.1) is 29.3 Å². The maximum absolute atomic E-state index is 13.5. The van der Waals surface area contributed by atoms with Gasteiger partial charge in [-0.2, -0.15) is 8.78 Å². The van der Waals surface area contributed by atoms with Crippen molar-refractivity contribution in [3.8, 4) is 17.6 Å². The number of imidazole rings is 1. The van der Waals surface area contributed by atoms with Crippen LogP contribution in [-0.4, -0.2) is 48.9 Å². The number of benzene rings is 2. The highest BCUT2D eigenvalue weighted by Gasteiger charge is 2.44. The van der Waals surface area contributed by atoms with Gasteiger partial charge in [0, 0.05) is 41.2 Å². The third-order valence-electron chi connectivity index (χ3n) is 6.09. The first-order valence-electron chi connectivity index (χ1n) is 11.9. The van der Waals surface area contributed by atoms with Gasteiger partial charge in [0.25, 0.3) is 5.91 Å². The van der Waals surface area contributed by atoms with Gasteiger partial charge in [0.1, 0.15) is 11.6 Å². The molecule has 4 heterocycles. The number of ether oxygens (including phenoxy) is 1. The highest BCUT2D eigenvalue weighted by molar-refractivity contribution is 5.97. The largest absolute Gasteiger partial charge is 0.434 e. The lowest BCUT2D eigenvalue weighted by atomic mass is 9.97. The lowest BCUT2D eigenvalue weighted by molar-refractivity contribution is -0.0507. The van der Waals surface area contributed by atoms with Crippen LogP contribution in [0.25, 0.3) is 11.0 Å². The minimum Gasteiger partial charge on any atom is -0.434 e. The van der Waals surface area contributed by atoms with Gasteiger partial charge in [0.15, 0.2) is 5.69 Å². The molecule has 2 bridgehead atoms. The van der Waals surface area contributed by atoms with Crippen molar-refractivity contribution in [2.75, 3.05) is 6.98 Å². The Labute approximate surface area is 197 Å². The number of rotatable bonds is 2. The number of aromatic nitrogens is 5. The van der Waals surface area contributed by atoms with Crippen molar-refractivity contribution in [2.24, 2.45) is 7.05 Å². The van der Waals surface area contributed by atoms with E-state index in [9.17, 15) is 13.6 Å². The van der Waals surface area contributed by atoms with Crippen molar-refractivity contribution in [3.05, 3.63) is 70.8 Å². The van der Waals surface area contributed by atoms with Crippen molar-refractivity contribution >= 4 is 16.9 Å². The minimum absolute atomic E-state index is 0.00729. The molecule has 2 atom stereocenters. The lowest BCUT2D eigenvalue weighted by Gasteiger charge is -2.24. The smallest absolute Gasteiger partial charge is 0.387 e. The monoisotopic (exact) mass is 463 g/mol. The maximum Gasteiger partial charge on any atom is 0.387 e. The summed E-state index contributed by atoms with van der Waals surface area (Å²) in [6.45, 7) is -5.91. The van der Waals surface area contributed by atoms with E-state index >= 15 is 0 Å². The predicted molar refractivity (Wildman–Crippen MR) is 117 cm³/mol. The van der Waals surface area contributed by atoms with Crippen molar-refractivity contribution in [2.45, 2.75) is 25.1 Å². The lowest BCUT2D eigenvalue weighted by Crippen LogP contribution is -2.30. The number of nitrogens with zero attached hydrogens (tertiary/aromatic N) is 6. The third kappa shape index (κ3) is 3.04. The van der Waals surface area contributed by atoms with E-state index in [2.05, 4.69) is 27.1 Å². The first kappa shape index (κ1) is 17.2. The molecular weight excluding hydrogens is 442 g/mol. The zero-order chi connectivity index (χ0) is 26.1. The van der Waals surface area contributed by atoms with Crippen LogP contribution in [0, 0.1) is 11.8 Å². The van der Waals surface area contributed by atoms with Crippen LogP contribution in [0.2, 0.25) is 0 Å². The molecule has 6 rings (SSSR count). The Morgan fingerprint density at radius 1 is 1.24 bits per heavy atom. The highest BCUT2D eigenvalue weighted by Crippen LogP contribution is 2.49. The van der Waals surface area contributed by atoms with Gasteiger partial charge >= 0.3 is 6.61 Å². The number of amides is 1. The molecule has 10 heteroatoms. The average molecular weight is 463 g/mol. The molecule has 2 aromatic heterocycles. The van der Waals surface area contributed by atoms with Gasteiger partial charge in [-0.15, -0.1) is 5.10 Å². The molecular formula is C24H18F2N6O2. The molecule has 0 spiro atoms. The Morgan fingerprint density at radius 3 is 2.88 bits per heavy atom. The zero-order valence-electron chi connectivity index (χ0n) is 20.7. The molecule has 1 amide bonds. The number of hydrogen-bond acceptors (Lipinski definition) is 5. The van der Waals surface area contributed by atoms with E-state index < -0.39 is 31.6 Å². The van der Waals surface area contributed by atoms with Crippen LogP contribution in [0.1, 0.15) is 55.6 Å². The number of aryl methyl sites for hydroxylation is 1. The van der Waals surface area contributed by atoms with Gasteiger partial charge in [-0.1, -0.05) is 17.2 Å². The topological polar surface area (TPSA) is 78.1 Å². The number of hydrogen-bond donors (Lipinski definition) is 0. The van der Waals surface area contributed by atoms with E-state index in [-0.39, 0.29) is 23.3 Å². The molecule has 0 fully saturated rings. The van der Waals surface area contributed by atoms with Gasteiger partial charge in [-0.05, 0) is 36.3 Å². The number of alkyl halides is 2. The SMILES string of the molecule is [2H]C([2H])([2H])N1C(=O)c2cccc(OC(F)F)c2[C@H]2C[C@@H]1c1nc3ccc(C#Cc4cn(C)nn4)cc3n12. The third-order valence-corrected chi connectivity index (χ3v) is 6.09. The normalized spacial score (nSPS) is 20.2. The summed E-state index contributed by atoms with van der Waals surface area (Å²) in [7, 11) is 1.73. The van der Waals surface area contributed by atoms with Crippen molar-refractivity contribution in [1.29, 1.82) is 0 Å². The average Bonchev–Trinajstić information content (AvgIpc) is 3.48. The second-order valence-electron chi connectivity index (χ2n) is 8.11. The van der Waals surface area contributed by atoms with E-state index in [1.54, 1.807) is 36.0 Å². The Hall–Kier alpha value is -4.26. The van der Waals surface area contributed by atoms with Crippen LogP contribution in [0.5, 0.6) is 5.75 Å². The molecule has 4 aromatic rings. The summed E-state index contributed by atoms with van der Waals surface area (Å²) >= 11 is 0. The van der Waals surface area contributed by atoms with E-state index in [1.165, 1.54) is 22.9 Å². The highest BCUT2D eigenvalue weighted by atomic mass is 19.3. The summed E-state index contributed by atoms with van der Waals surface area (Å²) in [5.41, 5.74) is 2.53. The molecule has 0 unspecified atom stereocenters. The summed E-state index contributed by atoms with van der Waals surface area (Å²) < 4.78 is 59.0. The van der Waals surface area contributed by atoms with Crippen LogP contribution in [0.15, 0.2) is 42.6 Å². The molecule has 0 saturated heterocycles. The van der Waals surface area contributed by atoms with Crippen LogP contribution in [-0.2, 0) is 7.05 Å². The molecule has 2 aliphatic rings. The Kier molecular flexibility index (Phi) is 3.74. The fraction of sp³-hybridized carbons (Fsp3) is 0.250. The van der Waals surface area contributed by atoms with Gasteiger partial charge in [0.2, 0.25) is 0 Å². The van der Waals surface area contributed by atoms with Crippen LogP contribution in [0.3, 0.4) is 0 Å². The van der Waals surface area contributed by atoms with Crippen LogP contribution in [0.4, 0.5) is 8.78 Å². The first-order valence-corrected chi connectivity index (χ1v) is 10.4. The van der Waals surface area contributed by atoms with Crippen molar-refractivity contribution in [3.63, 3.8) is 0 Å². The number of halogens is 2. The summed E-state index contributed by atoms with van der Waals surface area (Å²) in [6, 6.07) is 7.95. The van der Waals surface area contributed by atoms with Gasteiger partial charge in [-0.3, -0.25) is 9.48 Å². The molecule has 2 aromatic carbocycles. The summed E-state index contributed by atoms with van der Waals surface area (Å²) in [5.74, 6) is 5.37. The van der Waals surface area contributed by atoms with E-state index in [1.807, 2.05) is 0 Å². The second kappa shape index (κ2) is 7.38. The van der Waals surface area contributed by atoms with Gasteiger partial charge in [-0.25, -0.2) is 4.98 Å². The van der Waals surface area contributed by atoms with E-state index in [4.69, 9.17) is 8.85 Å². The van der Waals surface area contributed by atoms with E-state index in [0.29, 0.717) is 28.1 Å². The molecule has 0 N–H and O–H groups in total. The minimum atomic E-state index is -3.12. The molecule has 8 nitrogen and oxygen atoms in total. The zero-order valence-corrected chi connectivity index (χ0v) is 17.7. The molecule has 0 radical (unpaired) electrons. The number of carbonyl (C=O) groups excluding carboxylic acids is 1. The fourth-order valence-electron chi connectivity index (χ4n) is 4.73. The number of carbonyl (C=O) groups is 1. The molecule has 0 saturated carbocycles. The molecule has 34 heavy (non-hydrogen) atoms. The number of fused-ring (bicyclic) bond motifs is 9. The molecule has 0 aliphatic carbocycles. The summed E-state index contributed by atoms with van der Waals surface area (Å²) in [4.78, 5) is 18.9. The first-order chi connectivity index (χ1) is 17.6. The second-order valence-corrected chi connectivity index (χ2v) is 8.11. The fourth-order valence-corrected chi connectivity index (χ4v) is 4.73.